The maximum absolute atomic E-state index is 12.8. The van der Waals surface area contributed by atoms with Gasteiger partial charge in [-0.3, -0.25) is 9.59 Å². The summed E-state index contributed by atoms with van der Waals surface area (Å²) in [6.45, 7) is 0.759. The van der Waals surface area contributed by atoms with E-state index >= 15 is 0 Å². The zero-order chi connectivity index (χ0) is 17.7. The van der Waals surface area contributed by atoms with Gasteiger partial charge in [-0.2, -0.15) is 0 Å². The molecule has 1 radical (unpaired) electrons. The number of primary amides is 1. The Kier molecular flexibility index (Phi) is 5.89. The predicted molar refractivity (Wildman–Crippen MR) is 85.6 cm³/mol. The molecule has 24 heavy (non-hydrogen) atoms. The van der Waals surface area contributed by atoms with Gasteiger partial charge in [0, 0.05) is 19.1 Å². The van der Waals surface area contributed by atoms with Crippen molar-refractivity contribution in [2.45, 2.75) is 25.3 Å². The molecule has 2 rings (SSSR count). The Morgan fingerprint density at radius 1 is 1.25 bits per heavy atom. The second-order valence-corrected chi connectivity index (χ2v) is 7.22. The van der Waals surface area contributed by atoms with Crippen LogP contribution in [0.25, 0.3) is 0 Å². The fourth-order valence-electron chi connectivity index (χ4n) is 2.45. The summed E-state index contributed by atoms with van der Waals surface area (Å²) in [7, 11) is -4.14. The minimum atomic E-state index is -4.14. The van der Waals surface area contributed by atoms with Crippen LogP contribution in [-0.2, 0) is 21.2 Å². The number of rotatable bonds is 5. The van der Waals surface area contributed by atoms with Crippen LogP contribution in [0, 0.1) is 12.2 Å². The van der Waals surface area contributed by atoms with Gasteiger partial charge in [-0.15, -0.1) is 0 Å². The van der Waals surface area contributed by atoms with Gasteiger partial charge in [0.25, 0.3) is 10.0 Å². The molecule has 131 valence electrons. The van der Waals surface area contributed by atoms with Gasteiger partial charge in [0.15, 0.2) is 0 Å². The Balaban J connectivity index is 1.78. The first-order chi connectivity index (χ1) is 11.3. The number of piperidine rings is 1. The summed E-state index contributed by atoms with van der Waals surface area (Å²) in [5, 5.41) is -1.41. The van der Waals surface area contributed by atoms with E-state index in [1.54, 1.807) is 17.0 Å². The highest BCUT2D eigenvalue weighted by molar-refractivity contribution is 8.04. The highest BCUT2D eigenvalue weighted by atomic mass is 32.2. The number of amides is 2. The number of hydrogen-bond acceptors (Lipinski definition) is 4. The molecule has 1 heterocycles. The van der Waals surface area contributed by atoms with E-state index in [9.17, 15) is 22.4 Å². The second-order valence-electron chi connectivity index (χ2n) is 5.57. The molecule has 1 aromatic rings. The van der Waals surface area contributed by atoms with Gasteiger partial charge in [0.2, 0.25) is 5.91 Å². The van der Waals surface area contributed by atoms with Crippen molar-refractivity contribution < 1.29 is 22.4 Å². The molecule has 3 N–H and O–H groups in total. The number of halogens is 1. The van der Waals surface area contributed by atoms with E-state index in [2.05, 4.69) is 4.72 Å². The molecule has 0 bridgehead atoms. The van der Waals surface area contributed by atoms with Gasteiger partial charge in [0.1, 0.15) is 5.82 Å². The zero-order valence-electron chi connectivity index (χ0n) is 12.9. The fourth-order valence-corrected chi connectivity index (χ4v) is 3.24. The lowest BCUT2D eigenvalue weighted by Crippen LogP contribution is -2.48. The van der Waals surface area contributed by atoms with Crippen LogP contribution < -0.4 is 10.5 Å². The number of likely N-dealkylation sites (tertiary alicyclic amines) is 1. The third-order valence-corrected chi connectivity index (χ3v) is 4.99. The third-order valence-electron chi connectivity index (χ3n) is 3.82. The van der Waals surface area contributed by atoms with Crippen LogP contribution >= 0.6 is 0 Å². The molecule has 1 aliphatic heterocycles. The smallest absolute Gasteiger partial charge is 0.349 e. The van der Waals surface area contributed by atoms with E-state index in [1.807, 2.05) is 0 Å². The van der Waals surface area contributed by atoms with Gasteiger partial charge in [-0.25, -0.2) is 17.5 Å². The normalized spacial score (nSPS) is 16.1. The number of hydrogen-bond donors (Lipinski definition) is 2. The summed E-state index contributed by atoms with van der Waals surface area (Å²) in [5.74, 6) is -0.485. The maximum atomic E-state index is 12.8. The minimum Gasteiger partial charge on any atom is -0.355 e. The largest absolute Gasteiger partial charge is 0.355 e. The Bertz CT molecular complexity index is 698. The summed E-state index contributed by atoms with van der Waals surface area (Å²) in [4.78, 5) is 24.5. The Morgan fingerprint density at radius 2 is 1.83 bits per heavy atom. The molecule has 7 nitrogen and oxygen atoms in total. The Hall–Kier alpha value is -2.00. The molecule has 2 amide bonds. The zero-order valence-corrected chi connectivity index (χ0v) is 13.8. The molecular weight excluding hydrogens is 337 g/mol. The minimum absolute atomic E-state index is 0.157. The SMILES string of the molecule is NC(=O)S(=O)(=O)NC1CCN(C(=O)[CH]Cc2ccc(F)cc2)CC1. The van der Waals surface area contributed by atoms with Gasteiger partial charge in [-0.05, 0) is 37.0 Å². The van der Waals surface area contributed by atoms with E-state index in [4.69, 9.17) is 5.73 Å². The van der Waals surface area contributed by atoms with Crippen molar-refractivity contribution in [3.05, 3.63) is 42.1 Å². The molecule has 1 aliphatic rings. The number of nitrogens with one attached hydrogen (secondary N) is 1. The van der Waals surface area contributed by atoms with Crippen LogP contribution in [0.15, 0.2) is 24.3 Å². The van der Waals surface area contributed by atoms with Crippen LogP contribution in [0.5, 0.6) is 0 Å². The van der Waals surface area contributed by atoms with Crippen molar-refractivity contribution in [3.63, 3.8) is 0 Å². The van der Waals surface area contributed by atoms with E-state index in [-0.39, 0.29) is 11.7 Å². The quantitative estimate of drug-likeness (QED) is 0.803. The van der Waals surface area contributed by atoms with E-state index in [1.165, 1.54) is 18.6 Å². The van der Waals surface area contributed by atoms with Crippen LogP contribution in [0.2, 0.25) is 0 Å². The van der Waals surface area contributed by atoms with Crippen LogP contribution in [0.1, 0.15) is 18.4 Å². The lowest BCUT2D eigenvalue weighted by molar-refractivity contribution is -0.128. The fraction of sp³-hybridized carbons (Fsp3) is 0.400. The first-order valence-electron chi connectivity index (χ1n) is 7.46. The van der Waals surface area contributed by atoms with E-state index < -0.39 is 21.3 Å². The third kappa shape index (κ3) is 5.00. The summed E-state index contributed by atoms with van der Waals surface area (Å²) in [6, 6.07) is 5.49. The summed E-state index contributed by atoms with van der Waals surface area (Å²) < 4.78 is 37.8. The molecule has 0 saturated carbocycles. The Labute approximate surface area is 140 Å². The van der Waals surface area contributed by atoms with Crippen LogP contribution in [0.4, 0.5) is 9.18 Å². The molecule has 0 aliphatic carbocycles. The number of benzene rings is 1. The second kappa shape index (κ2) is 7.71. The van der Waals surface area contributed by atoms with Crippen LogP contribution in [0.3, 0.4) is 0 Å². The first kappa shape index (κ1) is 18.3. The predicted octanol–water partition coefficient (Wildman–Crippen LogP) is 0.562. The summed E-state index contributed by atoms with van der Waals surface area (Å²) in [6.07, 6.45) is 2.72. The highest BCUT2D eigenvalue weighted by Gasteiger charge is 2.28. The number of nitrogens with zero attached hydrogens (tertiary/aromatic N) is 1. The van der Waals surface area contributed by atoms with Crippen molar-refractivity contribution in [2.24, 2.45) is 5.73 Å². The van der Waals surface area contributed by atoms with Crippen molar-refractivity contribution in [2.75, 3.05) is 13.1 Å². The average Bonchev–Trinajstić information content (AvgIpc) is 2.54. The molecule has 0 aromatic heterocycles. The first-order valence-corrected chi connectivity index (χ1v) is 8.94. The molecule has 1 fully saturated rings. The lowest BCUT2D eigenvalue weighted by Gasteiger charge is -2.32. The topological polar surface area (TPSA) is 110 Å². The van der Waals surface area contributed by atoms with Crippen molar-refractivity contribution in [1.29, 1.82) is 0 Å². The molecule has 0 spiro atoms. The van der Waals surface area contributed by atoms with Crippen molar-refractivity contribution >= 4 is 21.2 Å². The van der Waals surface area contributed by atoms with Gasteiger partial charge in [0.05, 0.1) is 6.42 Å². The number of nitrogens with two attached hydrogens (primary N) is 1. The molecule has 0 atom stereocenters. The summed E-state index contributed by atoms with van der Waals surface area (Å²) in [5.41, 5.74) is 5.61. The van der Waals surface area contributed by atoms with E-state index in [0.717, 1.165) is 5.56 Å². The molecule has 0 unspecified atom stereocenters. The number of carbonyl (C=O) groups is 2. The molecular formula is C15H19FN3O4S. The molecule has 1 aromatic carbocycles. The molecule has 1 saturated heterocycles. The van der Waals surface area contributed by atoms with Gasteiger partial charge in [-0.1, -0.05) is 12.1 Å². The van der Waals surface area contributed by atoms with Crippen LogP contribution in [-0.4, -0.2) is 43.6 Å². The maximum Gasteiger partial charge on any atom is 0.349 e. The highest BCUT2D eigenvalue weighted by Crippen LogP contribution is 2.13. The Morgan fingerprint density at radius 3 is 2.38 bits per heavy atom. The number of sulfonamides is 1. The molecule has 9 heteroatoms. The summed E-state index contributed by atoms with van der Waals surface area (Å²) >= 11 is 0. The van der Waals surface area contributed by atoms with E-state index in [0.29, 0.717) is 32.4 Å². The van der Waals surface area contributed by atoms with Gasteiger partial charge >= 0.3 is 5.24 Å². The van der Waals surface area contributed by atoms with Gasteiger partial charge < -0.3 is 10.6 Å². The number of carbonyl (C=O) groups excluding carboxylic acids is 2. The monoisotopic (exact) mass is 356 g/mol. The lowest BCUT2D eigenvalue weighted by atomic mass is 10.0. The van der Waals surface area contributed by atoms with Crippen molar-refractivity contribution in [1.82, 2.24) is 9.62 Å². The van der Waals surface area contributed by atoms with Crippen molar-refractivity contribution in [3.8, 4) is 0 Å². The standard InChI is InChI=1S/C15H19FN3O4S/c16-12-4-1-11(2-5-12)3-6-14(20)19-9-7-13(8-10-19)18-24(22,23)15(17)21/h1-2,4-6,13,18H,3,7-10H2,(H2,17,21). The average molecular weight is 356 g/mol.